The van der Waals surface area contributed by atoms with E-state index in [0.717, 1.165) is 42.7 Å². The lowest BCUT2D eigenvalue weighted by Gasteiger charge is -2.18. The molecule has 1 aliphatic heterocycles. The fourth-order valence-electron chi connectivity index (χ4n) is 4.90. The Morgan fingerprint density at radius 2 is 1.94 bits per heavy atom. The fraction of sp³-hybridized carbons (Fsp3) is 0.400. The van der Waals surface area contributed by atoms with Gasteiger partial charge in [-0.1, -0.05) is 13.0 Å². The molecule has 0 bridgehead atoms. The van der Waals surface area contributed by atoms with E-state index >= 15 is 0 Å². The molecule has 1 saturated heterocycles. The summed E-state index contributed by atoms with van der Waals surface area (Å²) in [5.74, 6) is -1.75. The number of aromatic amines is 1. The average Bonchev–Trinajstić information content (AvgIpc) is 3.37. The molecule has 188 valence electrons. The number of H-pyrrole nitrogens is 1. The summed E-state index contributed by atoms with van der Waals surface area (Å²) >= 11 is 0. The third-order valence-electron chi connectivity index (χ3n) is 6.74. The number of carboxylic acid groups (broad SMARTS) is 1. The fourth-order valence-corrected chi connectivity index (χ4v) is 4.90. The lowest BCUT2D eigenvalue weighted by molar-refractivity contribution is -0.132. The third-order valence-corrected chi connectivity index (χ3v) is 6.74. The maximum Gasteiger partial charge on any atom is 0.345 e. The summed E-state index contributed by atoms with van der Waals surface area (Å²) in [6, 6.07) is 7.84. The predicted molar refractivity (Wildman–Crippen MR) is 136 cm³/mol. The molecule has 0 radical (unpaired) electrons. The monoisotopic (exact) mass is 502 g/mol. The van der Waals surface area contributed by atoms with Crippen LogP contribution in [0.5, 0.6) is 5.75 Å². The SMILES string of the molecule is CCc1c(-c2ccc3c(c2)cc(CN2CCC(C(=O)N(C)C)C2)n3C)[nH]c(=O)c(C(=O)O)c1O.Cl. The first kappa shape index (κ1) is 26.3. The molecule has 0 aliphatic carbocycles. The van der Waals surface area contributed by atoms with Crippen LogP contribution >= 0.6 is 12.4 Å². The number of halogens is 1. The summed E-state index contributed by atoms with van der Waals surface area (Å²) in [6.07, 6.45) is 1.21. The maximum absolute atomic E-state index is 12.3. The minimum atomic E-state index is -1.46. The number of hydrogen-bond acceptors (Lipinski definition) is 5. The Labute approximate surface area is 209 Å². The van der Waals surface area contributed by atoms with Crippen molar-refractivity contribution in [3.8, 4) is 17.0 Å². The van der Waals surface area contributed by atoms with Gasteiger partial charge >= 0.3 is 5.97 Å². The second-order valence-corrected chi connectivity index (χ2v) is 9.11. The second-order valence-electron chi connectivity index (χ2n) is 9.11. The molecule has 3 heterocycles. The Morgan fingerprint density at radius 3 is 2.57 bits per heavy atom. The summed E-state index contributed by atoms with van der Waals surface area (Å²) in [4.78, 5) is 42.6. The Balaban J connectivity index is 0.00000342. The number of aryl methyl sites for hydroxylation is 1. The number of aromatic hydroxyl groups is 1. The number of aromatic carboxylic acids is 1. The first-order chi connectivity index (χ1) is 16.1. The van der Waals surface area contributed by atoms with Gasteiger partial charge in [0.05, 0.1) is 11.6 Å². The van der Waals surface area contributed by atoms with Crippen LogP contribution in [0.1, 0.15) is 35.0 Å². The second kappa shape index (κ2) is 10.1. The van der Waals surface area contributed by atoms with E-state index in [9.17, 15) is 24.6 Å². The van der Waals surface area contributed by atoms with E-state index in [1.54, 1.807) is 25.9 Å². The van der Waals surface area contributed by atoms with E-state index in [-0.39, 0.29) is 24.2 Å². The zero-order valence-corrected chi connectivity index (χ0v) is 21.1. The third kappa shape index (κ3) is 4.78. The molecule has 1 atom stereocenters. The minimum Gasteiger partial charge on any atom is -0.506 e. The van der Waals surface area contributed by atoms with Crippen LogP contribution in [0.3, 0.4) is 0 Å². The van der Waals surface area contributed by atoms with Gasteiger partial charge in [-0.25, -0.2) is 4.79 Å². The molecule has 9 nitrogen and oxygen atoms in total. The quantitative estimate of drug-likeness (QED) is 0.477. The molecule has 35 heavy (non-hydrogen) atoms. The molecular weight excluding hydrogens is 472 g/mol. The number of hydrogen-bond donors (Lipinski definition) is 3. The van der Waals surface area contributed by atoms with Crippen LogP contribution in [0, 0.1) is 5.92 Å². The molecule has 4 rings (SSSR count). The van der Waals surface area contributed by atoms with Crippen LogP contribution in [0.25, 0.3) is 22.2 Å². The first-order valence-electron chi connectivity index (χ1n) is 11.4. The van der Waals surface area contributed by atoms with Crippen LogP contribution in [0.2, 0.25) is 0 Å². The van der Waals surface area contributed by atoms with Crippen LogP contribution in [0.4, 0.5) is 0 Å². The van der Waals surface area contributed by atoms with E-state index in [2.05, 4.69) is 20.5 Å². The van der Waals surface area contributed by atoms with Crippen molar-refractivity contribution in [2.75, 3.05) is 27.2 Å². The van der Waals surface area contributed by atoms with Crippen LogP contribution in [-0.2, 0) is 24.8 Å². The van der Waals surface area contributed by atoms with Gasteiger partial charge in [0.1, 0.15) is 5.75 Å². The number of carboxylic acids is 1. The zero-order valence-electron chi connectivity index (χ0n) is 20.3. The Kier molecular flexibility index (Phi) is 7.62. The van der Waals surface area contributed by atoms with Gasteiger partial charge in [-0.15, -0.1) is 12.4 Å². The van der Waals surface area contributed by atoms with Crippen LogP contribution < -0.4 is 5.56 Å². The van der Waals surface area contributed by atoms with E-state index in [1.165, 1.54) is 0 Å². The van der Waals surface area contributed by atoms with Gasteiger partial charge in [-0.3, -0.25) is 14.5 Å². The summed E-state index contributed by atoms with van der Waals surface area (Å²) in [5, 5.41) is 20.7. The Bertz CT molecular complexity index is 1340. The number of rotatable bonds is 6. The van der Waals surface area contributed by atoms with Crippen LogP contribution in [0.15, 0.2) is 29.1 Å². The van der Waals surface area contributed by atoms with Crippen molar-refractivity contribution in [2.24, 2.45) is 13.0 Å². The van der Waals surface area contributed by atoms with Gasteiger partial charge in [0.15, 0.2) is 5.56 Å². The van der Waals surface area contributed by atoms with Gasteiger partial charge < -0.3 is 24.7 Å². The van der Waals surface area contributed by atoms with E-state index in [1.807, 2.05) is 25.2 Å². The van der Waals surface area contributed by atoms with Crippen molar-refractivity contribution in [1.29, 1.82) is 0 Å². The number of amides is 1. The van der Waals surface area contributed by atoms with Crippen molar-refractivity contribution in [3.63, 3.8) is 0 Å². The summed E-state index contributed by atoms with van der Waals surface area (Å²) in [5.41, 5.74) is 2.17. The molecule has 10 heteroatoms. The molecule has 1 amide bonds. The zero-order chi connectivity index (χ0) is 24.7. The average molecular weight is 503 g/mol. The van der Waals surface area contributed by atoms with Crippen molar-refractivity contribution < 1.29 is 19.8 Å². The highest BCUT2D eigenvalue weighted by atomic mass is 35.5. The van der Waals surface area contributed by atoms with E-state index in [4.69, 9.17) is 0 Å². The van der Waals surface area contributed by atoms with E-state index < -0.39 is 22.8 Å². The number of pyridine rings is 1. The smallest absolute Gasteiger partial charge is 0.345 e. The number of likely N-dealkylation sites (tertiary alicyclic amines) is 1. The highest BCUT2D eigenvalue weighted by Crippen LogP contribution is 2.32. The normalized spacial score (nSPS) is 15.8. The topological polar surface area (TPSA) is 119 Å². The van der Waals surface area contributed by atoms with Gasteiger partial charge in [-0.2, -0.15) is 0 Å². The summed E-state index contributed by atoms with van der Waals surface area (Å²) in [6.45, 7) is 4.13. The number of fused-ring (bicyclic) bond motifs is 1. The van der Waals surface area contributed by atoms with Gasteiger partial charge in [0, 0.05) is 56.4 Å². The van der Waals surface area contributed by atoms with Gasteiger partial charge in [0.25, 0.3) is 5.56 Å². The Morgan fingerprint density at radius 1 is 1.23 bits per heavy atom. The maximum atomic E-state index is 12.3. The highest BCUT2D eigenvalue weighted by Gasteiger charge is 2.29. The molecule has 3 aromatic rings. The molecule has 0 saturated carbocycles. The molecule has 1 aliphatic rings. The van der Waals surface area contributed by atoms with Gasteiger partial charge in [0.2, 0.25) is 5.91 Å². The largest absolute Gasteiger partial charge is 0.506 e. The van der Waals surface area contributed by atoms with E-state index in [0.29, 0.717) is 23.2 Å². The lowest BCUT2D eigenvalue weighted by atomic mass is 9.99. The molecule has 1 unspecified atom stereocenters. The van der Waals surface area contributed by atoms with Crippen molar-refractivity contribution in [3.05, 3.63) is 51.4 Å². The molecular formula is C25H31ClN4O5. The number of nitrogens with one attached hydrogen (secondary N) is 1. The van der Waals surface area contributed by atoms with Crippen molar-refractivity contribution >= 4 is 35.2 Å². The summed E-state index contributed by atoms with van der Waals surface area (Å²) in [7, 11) is 5.58. The molecule has 0 spiro atoms. The van der Waals surface area contributed by atoms with Gasteiger partial charge in [-0.05, 0) is 43.1 Å². The number of carbonyl (C=O) groups is 2. The molecule has 1 aromatic carbocycles. The first-order valence-corrected chi connectivity index (χ1v) is 11.4. The number of nitrogens with zero attached hydrogens (tertiary/aromatic N) is 3. The summed E-state index contributed by atoms with van der Waals surface area (Å²) < 4.78 is 2.12. The molecule has 1 fully saturated rings. The molecule has 2 aromatic heterocycles. The Hall–Kier alpha value is -3.30. The minimum absolute atomic E-state index is 0. The predicted octanol–water partition coefficient (Wildman–Crippen LogP) is 2.83. The molecule has 3 N–H and O–H groups in total. The van der Waals surface area contributed by atoms with Crippen molar-refractivity contribution in [1.82, 2.24) is 19.4 Å². The number of benzene rings is 1. The van der Waals surface area contributed by atoms with Crippen LogP contribution in [-0.4, -0.2) is 68.6 Å². The highest BCUT2D eigenvalue weighted by molar-refractivity contribution is 5.92. The number of carbonyl (C=O) groups excluding carboxylic acids is 1. The lowest BCUT2D eigenvalue weighted by Crippen LogP contribution is -2.31. The number of aromatic nitrogens is 2. The standard InChI is InChI=1S/C25H30N4O5.ClH/c1-5-18-21(26-23(31)20(22(18)30)25(33)34)14-6-7-19-16(10-14)11-17(28(19)4)13-29-9-8-15(12-29)24(32)27(2)3;/h6-7,10-11,15H,5,8-9,12-13H2,1-4H3,(H,33,34)(H2,26,30,31);1H. The van der Waals surface area contributed by atoms with Crippen molar-refractivity contribution in [2.45, 2.75) is 26.3 Å².